The van der Waals surface area contributed by atoms with E-state index < -0.39 is 0 Å². The van der Waals surface area contributed by atoms with Crippen LogP contribution in [0.2, 0.25) is 0 Å². The number of rotatable bonds is 5. The highest BCUT2D eigenvalue weighted by Crippen LogP contribution is 2.40. The van der Waals surface area contributed by atoms with Crippen LogP contribution >= 0.6 is 11.8 Å². The molecule has 0 unspecified atom stereocenters. The Morgan fingerprint density at radius 2 is 2.04 bits per heavy atom. The molecule has 0 amide bonds. The van der Waals surface area contributed by atoms with Crippen molar-refractivity contribution in [2.24, 2.45) is 0 Å². The molecule has 1 saturated heterocycles. The first kappa shape index (κ1) is 15.0. The van der Waals surface area contributed by atoms with Gasteiger partial charge < -0.3 is 9.32 Å². The number of hydrogen-bond donors (Lipinski definition) is 0. The molecule has 0 aromatic carbocycles. The lowest BCUT2D eigenvalue weighted by molar-refractivity contribution is 0.246. The predicted octanol–water partition coefficient (Wildman–Crippen LogP) is 2.39. The van der Waals surface area contributed by atoms with E-state index in [9.17, 15) is 0 Å². The van der Waals surface area contributed by atoms with Gasteiger partial charge in [0.15, 0.2) is 11.6 Å². The standard InChI is InChI=1S/C16H21N5OS/c1-23-16-18-14(12-2-3-12)8-15(19-16)21-6-4-20(5-7-21)9-13-10-22-11-17-13/h8,10-12H,2-7,9H2,1H3. The van der Waals surface area contributed by atoms with Gasteiger partial charge in [0.2, 0.25) is 0 Å². The summed E-state index contributed by atoms with van der Waals surface area (Å²) in [6.45, 7) is 4.88. The van der Waals surface area contributed by atoms with E-state index in [-0.39, 0.29) is 0 Å². The maximum atomic E-state index is 5.05. The van der Waals surface area contributed by atoms with E-state index >= 15 is 0 Å². The summed E-state index contributed by atoms with van der Waals surface area (Å²) in [7, 11) is 0. The van der Waals surface area contributed by atoms with Crippen LogP contribution in [0.4, 0.5) is 5.82 Å². The Hall–Kier alpha value is -1.60. The molecule has 0 atom stereocenters. The van der Waals surface area contributed by atoms with Crippen molar-refractivity contribution in [2.45, 2.75) is 30.5 Å². The van der Waals surface area contributed by atoms with Crippen LogP contribution in [0.1, 0.15) is 30.1 Å². The van der Waals surface area contributed by atoms with Crippen molar-refractivity contribution in [3.8, 4) is 0 Å². The maximum Gasteiger partial charge on any atom is 0.189 e. The third kappa shape index (κ3) is 3.50. The van der Waals surface area contributed by atoms with E-state index in [1.54, 1.807) is 18.0 Å². The van der Waals surface area contributed by atoms with Crippen molar-refractivity contribution in [2.75, 3.05) is 37.3 Å². The zero-order valence-electron chi connectivity index (χ0n) is 13.3. The van der Waals surface area contributed by atoms with Gasteiger partial charge >= 0.3 is 0 Å². The highest BCUT2D eigenvalue weighted by atomic mass is 32.2. The molecule has 1 aliphatic heterocycles. The lowest BCUT2D eigenvalue weighted by Crippen LogP contribution is -2.46. The summed E-state index contributed by atoms with van der Waals surface area (Å²) in [4.78, 5) is 18.4. The number of hydrogen-bond acceptors (Lipinski definition) is 7. The van der Waals surface area contributed by atoms with E-state index in [0.717, 1.165) is 49.4 Å². The minimum Gasteiger partial charge on any atom is -0.451 e. The third-order valence-electron chi connectivity index (χ3n) is 4.46. The first-order chi connectivity index (χ1) is 11.3. The number of thioether (sulfide) groups is 1. The van der Waals surface area contributed by atoms with Gasteiger partial charge in [-0.3, -0.25) is 4.90 Å². The molecule has 2 aliphatic rings. The quantitative estimate of drug-likeness (QED) is 0.616. The number of oxazole rings is 1. The Morgan fingerprint density at radius 3 is 2.70 bits per heavy atom. The SMILES string of the molecule is CSc1nc(C2CC2)cc(N2CCN(Cc3cocn3)CC2)n1. The van der Waals surface area contributed by atoms with E-state index in [4.69, 9.17) is 9.40 Å². The largest absolute Gasteiger partial charge is 0.451 e. The van der Waals surface area contributed by atoms with E-state index in [1.165, 1.54) is 24.9 Å². The topological polar surface area (TPSA) is 58.3 Å². The second kappa shape index (κ2) is 6.49. The van der Waals surface area contributed by atoms with Crippen LogP contribution in [0.15, 0.2) is 28.3 Å². The van der Waals surface area contributed by atoms with Gasteiger partial charge in [-0.1, -0.05) is 11.8 Å². The average Bonchev–Trinajstić information content (AvgIpc) is 3.33. The first-order valence-corrected chi connectivity index (χ1v) is 9.31. The summed E-state index contributed by atoms with van der Waals surface area (Å²) >= 11 is 1.63. The van der Waals surface area contributed by atoms with Gasteiger partial charge in [0, 0.05) is 44.7 Å². The van der Waals surface area contributed by atoms with Gasteiger partial charge in [-0.15, -0.1) is 0 Å². The molecule has 4 rings (SSSR count). The second-order valence-corrected chi connectivity index (χ2v) is 6.93. The van der Waals surface area contributed by atoms with Gasteiger partial charge in [0.1, 0.15) is 12.1 Å². The molecule has 1 aliphatic carbocycles. The lowest BCUT2D eigenvalue weighted by Gasteiger charge is -2.35. The fraction of sp³-hybridized carbons (Fsp3) is 0.562. The normalized spacial score (nSPS) is 19.3. The van der Waals surface area contributed by atoms with E-state index in [0.29, 0.717) is 5.92 Å². The molecular weight excluding hydrogens is 310 g/mol. The van der Waals surface area contributed by atoms with Crippen molar-refractivity contribution in [3.05, 3.63) is 30.1 Å². The molecule has 3 heterocycles. The molecule has 7 heteroatoms. The van der Waals surface area contributed by atoms with Crippen LogP contribution in [0.25, 0.3) is 0 Å². The van der Waals surface area contributed by atoms with Crippen LogP contribution in [0.5, 0.6) is 0 Å². The third-order valence-corrected chi connectivity index (χ3v) is 5.00. The van der Waals surface area contributed by atoms with Gasteiger partial charge in [-0.05, 0) is 19.1 Å². The molecule has 0 N–H and O–H groups in total. The average molecular weight is 331 g/mol. The summed E-state index contributed by atoms with van der Waals surface area (Å²) in [6, 6.07) is 2.20. The van der Waals surface area contributed by atoms with Gasteiger partial charge in [-0.2, -0.15) is 0 Å². The highest BCUT2D eigenvalue weighted by molar-refractivity contribution is 7.98. The van der Waals surface area contributed by atoms with Crippen LogP contribution < -0.4 is 4.90 Å². The molecular formula is C16H21N5OS. The Morgan fingerprint density at radius 1 is 1.22 bits per heavy atom. The zero-order chi connectivity index (χ0) is 15.6. The van der Waals surface area contributed by atoms with Crippen LogP contribution in [-0.2, 0) is 6.54 Å². The maximum absolute atomic E-state index is 5.05. The smallest absolute Gasteiger partial charge is 0.189 e. The van der Waals surface area contributed by atoms with Crippen molar-refractivity contribution in [3.63, 3.8) is 0 Å². The number of nitrogens with zero attached hydrogens (tertiary/aromatic N) is 5. The van der Waals surface area contributed by atoms with Crippen LogP contribution in [0, 0.1) is 0 Å². The molecule has 0 radical (unpaired) electrons. The van der Waals surface area contributed by atoms with Gasteiger partial charge in [-0.25, -0.2) is 15.0 Å². The van der Waals surface area contributed by atoms with Crippen molar-refractivity contribution in [1.29, 1.82) is 0 Å². The summed E-state index contributed by atoms with van der Waals surface area (Å²) < 4.78 is 5.05. The number of aromatic nitrogens is 3. The second-order valence-electron chi connectivity index (χ2n) is 6.15. The Kier molecular flexibility index (Phi) is 4.22. The first-order valence-electron chi connectivity index (χ1n) is 8.09. The van der Waals surface area contributed by atoms with Gasteiger partial charge in [0.05, 0.1) is 11.4 Å². The minimum atomic E-state index is 0.663. The molecule has 0 spiro atoms. The van der Waals surface area contributed by atoms with Crippen molar-refractivity contribution >= 4 is 17.6 Å². The Balaban J connectivity index is 1.42. The summed E-state index contributed by atoms with van der Waals surface area (Å²) in [5, 5.41) is 0.898. The number of piperazine rings is 1. The summed E-state index contributed by atoms with van der Waals surface area (Å²) in [6.07, 6.45) is 7.82. The lowest BCUT2D eigenvalue weighted by atomic mass is 10.2. The molecule has 2 aromatic heterocycles. The summed E-state index contributed by atoms with van der Waals surface area (Å²) in [5.74, 6) is 1.75. The fourth-order valence-electron chi connectivity index (χ4n) is 2.95. The molecule has 0 bridgehead atoms. The van der Waals surface area contributed by atoms with E-state index in [2.05, 4.69) is 25.8 Å². The molecule has 6 nitrogen and oxygen atoms in total. The van der Waals surface area contributed by atoms with Crippen molar-refractivity contribution in [1.82, 2.24) is 19.9 Å². The number of anilines is 1. The molecule has 2 aromatic rings. The Labute approximate surface area is 140 Å². The van der Waals surface area contributed by atoms with Crippen molar-refractivity contribution < 1.29 is 4.42 Å². The minimum absolute atomic E-state index is 0.663. The van der Waals surface area contributed by atoms with E-state index in [1.807, 2.05) is 6.26 Å². The Bertz CT molecular complexity index is 650. The monoisotopic (exact) mass is 331 g/mol. The molecule has 1 saturated carbocycles. The molecule has 122 valence electrons. The summed E-state index contributed by atoms with van der Waals surface area (Å²) in [5.41, 5.74) is 2.23. The fourth-order valence-corrected chi connectivity index (χ4v) is 3.33. The molecule has 2 fully saturated rings. The zero-order valence-corrected chi connectivity index (χ0v) is 14.1. The highest BCUT2D eigenvalue weighted by Gasteiger charge is 2.27. The van der Waals surface area contributed by atoms with Crippen LogP contribution in [0.3, 0.4) is 0 Å². The molecule has 23 heavy (non-hydrogen) atoms. The van der Waals surface area contributed by atoms with Gasteiger partial charge in [0.25, 0.3) is 0 Å². The van der Waals surface area contributed by atoms with Crippen LogP contribution in [-0.4, -0.2) is 52.3 Å². The predicted molar refractivity (Wildman–Crippen MR) is 89.8 cm³/mol.